The Hall–Kier alpha value is -1.78. The smallest absolute Gasteiger partial charge is 0.0605 e. The first-order chi connectivity index (χ1) is 10.3. The number of benzene rings is 2. The Balaban J connectivity index is 1.71. The quantitative estimate of drug-likeness (QED) is 0.733. The number of hydrogen-bond donors (Lipinski definition) is 0. The summed E-state index contributed by atoms with van der Waals surface area (Å²) in [5.74, 6) is 6.73. The van der Waals surface area contributed by atoms with E-state index in [1.807, 2.05) is 0 Å². The van der Waals surface area contributed by atoms with Gasteiger partial charge in [-0.1, -0.05) is 67.5 Å². The van der Waals surface area contributed by atoms with Crippen molar-refractivity contribution in [3.63, 3.8) is 0 Å². The average molecular weight is 277 g/mol. The Morgan fingerprint density at radius 2 is 1.76 bits per heavy atom. The van der Waals surface area contributed by atoms with Crippen LogP contribution in [0.15, 0.2) is 42.5 Å². The van der Waals surface area contributed by atoms with E-state index >= 15 is 0 Å². The molecule has 0 N–H and O–H groups in total. The molecule has 0 atom stereocenters. The molecule has 3 rings (SSSR count). The first kappa shape index (κ1) is 14.2. The number of rotatable bonds is 2. The van der Waals surface area contributed by atoms with Gasteiger partial charge < -0.3 is 0 Å². The van der Waals surface area contributed by atoms with Crippen molar-refractivity contribution in [2.45, 2.75) is 38.1 Å². The second kappa shape index (κ2) is 6.78. The summed E-state index contributed by atoms with van der Waals surface area (Å²) in [5.41, 5.74) is 1.14. The maximum absolute atomic E-state index is 3.37. The van der Waals surface area contributed by atoms with Crippen LogP contribution in [0.25, 0.3) is 10.8 Å². The van der Waals surface area contributed by atoms with Crippen molar-refractivity contribution < 1.29 is 0 Å². The Bertz CT molecular complexity index is 651. The second-order valence-electron chi connectivity index (χ2n) is 6.04. The van der Waals surface area contributed by atoms with Crippen LogP contribution in [-0.4, -0.2) is 24.5 Å². The van der Waals surface area contributed by atoms with Crippen LogP contribution >= 0.6 is 0 Å². The minimum absolute atomic E-state index is 0.737. The van der Waals surface area contributed by atoms with Crippen LogP contribution in [0.3, 0.4) is 0 Å². The van der Waals surface area contributed by atoms with Crippen LogP contribution < -0.4 is 0 Å². The summed E-state index contributed by atoms with van der Waals surface area (Å²) in [7, 11) is 2.22. The average Bonchev–Trinajstić information content (AvgIpc) is 2.56. The summed E-state index contributed by atoms with van der Waals surface area (Å²) < 4.78 is 0. The zero-order valence-electron chi connectivity index (χ0n) is 12.8. The first-order valence-electron chi connectivity index (χ1n) is 8.01. The van der Waals surface area contributed by atoms with Gasteiger partial charge in [0.2, 0.25) is 0 Å². The number of nitrogens with zero attached hydrogens (tertiary/aromatic N) is 1. The van der Waals surface area contributed by atoms with Crippen LogP contribution in [-0.2, 0) is 0 Å². The molecule has 0 saturated heterocycles. The molecule has 0 aliphatic heterocycles. The third-order valence-electron chi connectivity index (χ3n) is 4.54. The summed E-state index contributed by atoms with van der Waals surface area (Å²) in [5, 5.41) is 2.53. The molecule has 1 saturated carbocycles. The fraction of sp³-hybridized carbons (Fsp3) is 0.400. The van der Waals surface area contributed by atoms with E-state index < -0.39 is 0 Å². The molecule has 0 amide bonds. The van der Waals surface area contributed by atoms with E-state index in [1.165, 1.54) is 42.9 Å². The van der Waals surface area contributed by atoms with Gasteiger partial charge in [-0.05, 0) is 36.7 Å². The maximum atomic E-state index is 3.37. The van der Waals surface area contributed by atoms with Gasteiger partial charge in [-0.2, -0.15) is 0 Å². The van der Waals surface area contributed by atoms with Gasteiger partial charge in [-0.3, -0.25) is 4.90 Å². The van der Waals surface area contributed by atoms with Crippen LogP contribution in [0.1, 0.15) is 37.7 Å². The highest BCUT2D eigenvalue weighted by molar-refractivity contribution is 5.88. The molecular formula is C20H23N. The fourth-order valence-electron chi connectivity index (χ4n) is 3.24. The molecule has 0 heterocycles. The topological polar surface area (TPSA) is 3.24 Å². The van der Waals surface area contributed by atoms with Gasteiger partial charge in [0.25, 0.3) is 0 Å². The van der Waals surface area contributed by atoms with Crippen molar-refractivity contribution in [3.8, 4) is 11.8 Å². The molecule has 1 aliphatic rings. The SMILES string of the molecule is CN(CC#Cc1cccc2ccccc12)C1CCCCC1. The van der Waals surface area contributed by atoms with Gasteiger partial charge in [0, 0.05) is 11.6 Å². The minimum Gasteiger partial charge on any atom is -0.292 e. The number of hydrogen-bond acceptors (Lipinski definition) is 1. The summed E-state index contributed by atoms with van der Waals surface area (Å²) in [6, 6.07) is 15.6. The molecule has 2 aromatic carbocycles. The lowest BCUT2D eigenvalue weighted by molar-refractivity contribution is 0.212. The van der Waals surface area contributed by atoms with E-state index in [-0.39, 0.29) is 0 Å². The van der Waals surface area contributed by atoms with E-state index in [9.17, 15) is 0 Å². The Morgan fingerprint density at radius 1 is 1.00 bits per heavy atom. The van der Waals surface area contributed by atoms with Gasteiger partial charge >= 0.3 is 0 Å². The second-order valence-corrected chi connectivity index (χ2v) is 6.04. The molecule has 108 valence electrons. The first-order valence-corrected chi connectivity index (χ1v) is 8.01. The maximum Gasteiger partial charge on any atom is 0.0605 e. The lowest BCUT2D eigenvalue weighted by Crippen LogP contribution is -2.33. The highest BCUT2D eigenvalue weighted by atomic mass is 15.1. The number of fused-ring (bicyclic) bond motifs is 1. The highest BCUT2D eigenvalue weighted by Crippen LogP contribution is 2.21. The van der Waals surface area contributed by atoms with E-state index in [2.05, 4.69) is 66.3 Å². The predicted octanol–water partition coefficient (Wildman–Crippen LogP) is 4.46. The molecule has 0 radical (unpaired) electrons. The molecule has 0 aromatic heterocycles. The van der Waals surface area contributed by atoms with Gasteiger partial charge in [-0.25, -0.2) is 0 Å². The Morgan fingerprint density at radius 3 is 2.62 bits per heavy atom. The molecule has 1 aliphatic carbocycles. The minimum atomic E-state index is 0.737. The van der Waals surface area contributed by atoms with Crippen molar-refractivity contribution >= 4 is 10.8 Å². The zero-order valence-corrected chi connectivity index (χ0v) is 12.8. The normalized spacial score (nSPS) is 15.9. The van der Waals surface area contributed by atoms with Gasteiger partial charge in [-0.15, -0.1) is 0 Å². The van der Waals surface area contributed by atoms with E-state index in [4.69, 9.17) is 0 Å². The molecule has 2 aromatic rings. The van der Waals surface area contributed by atoms with Crippen molar-refractivity contribution in [1.82, 2.24) is 4.90 Å². The summed E-state index contributed by atoms with van der Waals surface area (Å²) in [6.07, 6.45) is 6.85. The standard InChI is InChI=1S/C20H23N/c1-21(19-13-3-2-4-14-19)16-8-12-18-11-7-10-17-9-5-6-15-20(17)18/h5-7,9-11,15,19H,2-4,13-14,16H2,1H3. The fourth-order valence-corrected chi connectivity index (χ4v) is 3.24. The zero-order chi connectivity index (χ0) is 14.5. The van der Waals surface area contributed by atoms with Crippen LogP contribution in [0.4, 0.5) is 0 Å². The lowest BCUT2D eigenvalue weighted by atomic mass is 9.94. The third kappa shape index (κ3) is 3.46. The summed E-state index contributed by atoms with van der Waals surface area (Å²) in [4.78, 5) is 2.43. The van der Waals surface area contributed by atoms with Crippen molar-refractivity contribution in [3.05, 3.63) is 48.0 Å². The molecule has 0 spiro atoms. The molecule has 1 fully saturated rings. The molecule has 1 nitrogen and oxygen atoms in total. The predicted molar refractivity (Wildman–Crippen MR) is 90.3 cm³/mol. The Kier molecular flexibility index (Phi) is 4.58. The largest absolute Gasteiger partial charge is 0.292 e. The van der Waals surface area contributed by atoms with Gasteiger partial charge in [0.15, 0.2) is 0 Å². The van der Waals surface area contributed by atoms with Crippen LogP contribution in [0.5, 0.6) is 0 Å². The monoisotopic (exact) mass is 277 g/mol. The van der Waals surface area contributed by atoms with Crippen molar-refractivity contribution in [1.29, 1.82) is 0 Å². The molecule has 21 heavy (non-hydrogen) atoms. The van der Waals surface area contributed by atoms with Crippen LogP contribution in [0.2, 0.25) is 0 Å². The third-order valence-corrected chi connectivity index (χ3v) is 4.54. The Labute approximate surface area is 128 Å². The van der Waals surface area contributed by atoms with E-state index in [0.717, 1.165) is 18.2 Å². The molecule has 0 bridgehead atoms. The molecule has 0 unspecified atom stereocenters. The molecule has 1 heteroatoms. The van der Waals surface area contributed by atoms with Crippen molar-refractivity contribution in [2.24, 2.45) is 0 Å². The van der Waals surface area contributed by atoms with Crippen molar-refractivity contribution in [2.75, 3.05) is 13.6 Å². The van der Waals surface area contributed by atoms with Gasteiger partial charge in [0.05, 0.1) is 6.54 Å². The lowest BCUT2D eigenvalue weighted by Gasteiger charge is -2.29. The van der Waals surface area contributed by atoms with Gasteiger partial charge in [0.1, 0.15) is 0 Å². The van der Waals surface area contributed by atoms with E-state index in [1.54, 1.807) is 0 Å². The summed E-state index contributed by atoms with van der Waals surface area (Å²) >= 11 is 0. The van der Waals surface area contributed by atoms with E-state index in [0.29, 0.717) is 0 Å². The van der Waals surface area contributed by atoms with Crippen LogP contribution in [0, 0.1) is 11.8 Å². The molecular weight excluding hydrogens is 254 g/mol. The highest BCUT2D eigenvalue weighted by Gasteiger charge is 2.16. The summed E-state index contributed by atoms with van der Waals surface area (Å²) in [6.45, 7) is 0.869.